The minimum Gasteiger partial charge on any atom is -1.00 e. The molecule has 0 fully saturated rings. The summed E-state index contributed by atoms with van der Waals surface area (Å²) >= 11 is 9.74. The first-order valence-electron chi connectivity index (χ1n) is 36.6. The van der Waals surface area contributed by atoms with E-state index in [1.165, 1.54) is 48.5 Å². The summed E-state index contributed by atoms with van der Waals surface area (Å²) in [4.78, 5) is 36.4. The summed E-state index contributed by atoms with van der Waals surface area (Å²) in [5, 5.41) is 65.2. The maximum absolute atomic E-state index is 14.1. The van der Waals surface area contributed by atoms with Crippen LogP contribution in [0.25, 0.3) is 98.5 Å². The maximum atomic E-state index is 14.1. The number of halogens is 12. The second-order valence-corrected chi connectivity index (χ2v) is 27.4. The molecule has 12 aromatic heterocycles. The molecule has 18 aromatic rings. The summed E-state index contributed by atoms with van der Waals surface area (Å²) in [6.45, 7) is 7.78. The molecule has 18 rings (SSSR count). The van der Waals surface area contributed by atoms with E-state index in [9.17, 15) is 62.6 Å². The minimum atomic E-state index is -0.677. The van der Waals surface area contributed by atoms with Gasteiger partial charge in [0.15, 0.2) is 71.1 Å². The number of carbonyl (C=O) groups excluding carboxylic acids is 3. The first kappa shape index (κ1) is 96.2. The molecule has 0 spiro atoms. The van der Waals surface area contributed by atoms with Crippen LogP contribution in [-0.2, 0) is 20.6 Å². The van der Waals surface area contributed by atoms with Crippen molar-refractivity contribution >= 4 is 144 Å². The van der Waals surface area contributed by atoms with Crippen LogP contribution in [0, 0.1) is 23.3 Å². The monoisotopic (exact) mass is 1840 g/mol. The van der Waals surface area contributed by atoms with E-state index in [2.05, 4.69) is 31.7 Å². The predicted molar refractivity (Wildman–Crippen MR) is 432 cm³/mol. The number of aromatic hydroxyl groups is 6. The number of hydrogen-bond donors (Lipinski definition) is 6. The molecule has 0 aliphatic rings. The molecule has 0 saturated heterocycles. The quantitative estimate of drug-likeness (QED) is 0.0357. The molecule has 6 aromatic carbocycles. The van der Waals surface area contributed by atoms with E-state index in [0.717, 1.165) is 67.7 Å². The first-order valence-corrected chi connectivity index (χ1v) is 37.7. The number of aromatic nitrogens is 6. The van der Waals surface area contributed by atoms with Crippen LogP contribution in [0.1, 0.15) is 77.2 Å². The molecule has 12 heterocycles. The average Bonchev–Trinajstić information content (AvgIpc) is 0.837. The third-order valence-electron chi connectivity index (χ3n) is 19.0. The number of carbonyl (C=O) groups is 3. The number of fused-ring (bicyclic) bond motifs is 18. The molecule has 624 valence electrons. The molecule has 0 atom stereocenters. The number of rotatable bonds is 9. The summed E-state index contributed by atoms with van der Waals surface area (Å²) < 4.78 is 81.2. The van der Waals surface area contributed by atoms with Gasteiger partial charge in [0.05, 0.1) is 64.4 Å². The van der Waals surface area contributed by atoms with Crippen molar-refractivity contribution in [2.45, 2.75) is 47.0 Å². The van der Waals surface area contributed by atoms with Crippen LogP contribution in [0.5, 0.6) is 34.5 Å². The summed E-state index contributed by atoms with van der Waals surface area (Å²) in [7, 11) is 0. The van der Waals surface area contributed by atoms with Crippen molar-refractivity contribution in [3.05, 3.63) is 323 Å². The number of para-hydroxylation sites is 1. The van der Waals surface area contributed by atoms with E-state index in [0.29, 0.717) is 65.9 Å². The normalized spacial score (nSPS) is 10.5. The Morgan fingerprint density at radius 3 is 1.30 bits per heavy atom. The molecule has 0 saturated carbocycles. The number of unbranched alkanes of at least 4 members (excludes halogenated alkanes) is 1. The van der Waals surface area contributed by atoms with Gasteiger partial charge in [-0.25, -0.2) is 31.9 Å². The predicted octanol–water partition coefficient (Wildman–Crippen LogP) is -0.426. The van der Waals surface area contributed by atoms with Crippen molar-refractivity contribution < 1.29 is 178 Å². The minimum absolute atomic E-state index is 0. The van der Waals surface area contributed by atoms with Crippen LogP contribution < -0.4 is 101 Å². The van der Waals surface area contributed by atoms with Gasteiger partial charge in [0.25, 0.3) is 0 Å². The number of hydrogen-bond acceptors (Lipinski definition) is 12. The molecule has 0 radical (unpaired) electrons. The van der Waals surface area contributed by atoms with Gasteiger partial charge in [-0.3, -0.25) is 0 Å². The third kappa shape index (κ3) is 19.9. The zero-order valence-electron chi connectivity index (χ0n) is 64.5. The van der Waals surface area contributed by atoms with Crippen LogP contribution in [0.4, 0.5) is 17.6 Å². The summed E-state index contributed by atoms with van der Waals surface area (Å²) in [6, 6.07) is 65.0. The molecule has 18 nitrogen and oxygen atoms in total. The van der Waals surface area contributed by atoms with Gasteiger partial charge in [0, 0.05) is 108 Å². The summed E-state index contributed by atoms with van der Waals surface area (Å²) in [5.74, 6) is -3.74. The fraction of sp³-hybridized carbons (Fsp3) is 0.110. The van der Waals surface area contributed by atoms with E-state index in [4.69, 9.17) is 25.8 Å². The smallest absolute Gasteiger partial charge is 0.348 e. The Kier molecular flexibility index (Phi) is 34.1. The molecule has 121 heavy (non-hydrogen) atoms. The highest BCUT2D eigenvalue weighted by molar-refractivity contribution is 9.10. The second-order valence-electron chi connectivity index (χ2n) is 26.1. The summed E-state index contributed by atoms with van der Waals surface area (Å²) in [6.07, 6.45) is 14.0. The molecule has 6 N–H and O–H groups in total. The van der Waals surface area contributed by atoms with E-state index in [1.54, 1.807) is 144 Å². The lowest BCUT2D eigenvalue weighted by Gasteiger charge is -2.08. The Morgan fingerprint density at radius 2 is 0.760 bits per heavy atom. The van der Waals surface area contributed by atoms with Crippen LogP contribution >= 0.6 is 27.5 Å². The van der Waals surface area contributed by atoms with E-state index in [1.807, 2.05) is 114 Å². The van der Waals surface area contributed by atoms with Gasteiger partial charge in [0.1, 0.15) is 50.9 Å². The van der Waals surface area contributed by atoms with Gasteiger partial charge in [-0.2, -0.15) is 26.4 Å². The zero-order chi connectivity index (χ0) is 81.3. The molecule has 30 heteroatoms. The number of ether oxygens (including phenoxy) is 3. The fourth-order valence-electron chi connectivity index (χ4n) is 13.9. The SMILES string of the molecule is CCCCc1c(O)c2cccc(Cl)c2[n+]2ccccc12.CCOC(=O)c1c(O)c2c(F)cccc2[n+]2ccccc12.CCOC(=O)c1c(O)c2cc(F)ccc2[n+]2ccccc12.CCOC(=O)c1c(O)c2ccc(F)cc2[n+]2ccccc12.Oc1cc2cccc[n+]2c2cc(F)ccc12.Oc1cc2cccc[n+]2c2ccc(Br)cc12.[Cl-].[Cl-].[Cl-].[Cl-].[Cl-].[Cl-]. The molecule has 0 unspecified atom stereocenters. The van der Waals surface area contributed by atoms with Gasteiger partial charge in [0.2, 0.25) is 66.2 Å². The first-order chi connectivity index (χ1) is 55.7. The Bertz CT molecular complexity index is 6860. The molecule has 0 amide bonds. The zero-order valence-corrected chi connectivity index (χ0v) is 71.4. The van der Waals surface area contributed by atoms with Gasteiger partial charge in [-0.05, 0) is 137 Å². The Balaban J connectivity index is 0.000000199. The lowest BCUT2D eigenvalue weighted by Crippen LogP contribution is -3.00. The second kappa shape index (κ2) is 42.9. The highest BCUT2D eigenvalue weighted by Gasteiger charge is 2.31. The highest BCUT2D eigenvalue weighted by Crippen LogP contribution is 2.37. The van der Waals surface area contributed by atoms with E-state index >= 15 is 0 Å². The molecular formula is C91H74BrCl7F4N6O12. The van der Waals surface area contributed by atoms with Crippen molar-refractivity contribution in [2.24, 2.45) is 0 Å². The summed E-state index contributed by atoms with van der Waals surface area (Å²) in [5.41, 5.74) is 9.46. The highest BCUT2D eigenvalue weighted by atomic mass is 79.9. The van der Waals surface area contributed by atoms with E-state index < -0.39 is 41.1 Å². The van der Waals surface area contributed by atoms with Gasteiger partial charge in [-0.1, -0.05) is 53.0 Å². The van der Waals surface area contributed by atoms with Crippen LogP contribution in [0.2, 0.25) is 5.02 Å². The molecule has 0 bridgehead atoms. The molecule has 0 aliphatic heterocycles. The van der Waals surface area contributed by atoms with Crippen molar-refractivity contribution in [1.29, 1.82) is 0 Å². The Hall–Kier alpha value is -11.9. The number of esters is 3. The standard InChI is InChI=1S/C17H16ClNO.3C16H12FNO3.C13H8BrNO.C13H8FNO.6ClH/c1-2-3-7-12-15-10-4-5-11-19(15)16-13(17(12)20)8-6-9-14(16)18;1-2-21-16(20)14-12-7-3-4-9-18(12)11-8-5-6-10(17)13(11)15(14)19;1-2-21-16(20)14-13-5-3-4-8-18(13)12-7-6-10(17)9-11(12)15(14)19;1-2-21-16(20)14-12-5-3-4-8-18(12)13-9-10(17)6-7-11(13)15(14)19;14-9-4-5-12-11(7-9)13(16)8-10-3-1-2-6-15(10)12;14-9-4-5-11-12(7-9)15-6-2-1-3-10(15)8-13(11)16;;;;;;/h4-6,8-11H,2-3,7H2,1H3;3*3-9H,2H2,1H3;2*1-8H;6*1H. The third-order valence-corrected chi connectivity index (χ3v) is 19.8. The van der Waals surface area contributed by atoms with Crippen LogP contribution in [0.3, 0.4) is 0 Å². The Labute approximate surface area is 740 Å². The lowest BCUT2D eigenvalue weighted by molar-refractivity contribution is -0.482. The maximum Gasteiger partial charge on any atom is 0.348 e. The van der Waals surface area contributed by atoms with Gasteiger partial charge < -0.3 is 119 Å². The van der Waals surface area contributed by atoms with Crippen molar-refractivity contribution in [3.63, 3.8) is 0 Å². The molecule has 0 aliphatic carbocycles. The van der Waals surface area contributed by atoms with Crippen LogP contribution in [-0.4, -0.2) is 68.4 Å². The number of benzene rings is 6. The van der Waals surface area contributed by atoms with Crippen LogP contribution in [0.15, 0.2) is 272 Å². The molecular weight excluding hydrogens is 1770 g/mol. The van der Waals surface area contributed by atoms with Crippen molar-refractivity contribution in [1.82, 2.24) is 0 Å². The number of pyridine rings is 12. The Morgan fingerprint density at radius 1 is 0.355 bits per heavy atom. The van der Waals surface area contributed by atoms with Gasteiger partial charge in [-0.15, -0.1) is 0 Å². The topological polar surface area (TPSA) is 225 Å². The lowest BCUT2D eigenvalue weighted by atomic mass is 10.0. The van der Waals surface area contributed by atoms with Crippen molar-refractivity contribution in [2.75, 3.05) is 19.8 Å². The largest absolute Gasteiger partial charge is 1.00 e. The van der Waals surface area contributed by atoms with Gasteiger partial charge >= 0.3 is 17.9 Å². The van der Waals surface area contributed by atoms with E-state index in [-0.39, 0.29) is 145 Å². The average molecular weight is 1850 g/mol. The number of aryl methyl sites for hydroxylation is 1. The number of nitrogens with zero attached hydrogens (tertiary/aromatic N) is 6. The fourth-order valence-corrected chi connectivity index (χ4v) is 14.5. The van der Waals surface area contributed by atoms with Crippen molar-refractivity contribution in [3.8, 4) is 34.5 Å².